The predicted octanol–water partition coefficient (Wildman–Crippen LogP) is 5.19. The Labute approximate surface area is 130 Å². The van der Waals surface area contributed by atoms with E-state index in [1.54, 1.807) is 0 Å². The van der Waals surface area contributed by atoms with E-state index in [9.17, 15) is 43.9 Å². The largest absolute Gasteiger partial charge is 0.254 e. The number of anilines is 1. The Balaban J connectivity index is 2.45. The molecule has 3 nitrogen and oxygen atoms in total. The molecule has 0 aliphatic rings. The van der Waals surface area contributed by atoms with E-state index in [1.807, 2.05) is 0 Å². The van der Waals surface area contributed by atoms with E-state index in [-0.39, 0.29) is 0 Å². The lowest BCUT2D eigenvalue weighted by Gasteiger charge is -2.06. The maximum Gasteiger partial charge on any atom is 0.200 e. The average Bonchev–Trinajstić information content (AvgIpc) is 2.60. The van der Waals surface area contributed by atoms with Crippen LogP contribution >= 0.6 is 0 Å². The van der Waals surface area contributed by atoms with Crippen LogP contribution in [0.15, 0.2) is 10.3 Å². The molecule has 13 heteroatoms. The maximum absolute atomic E-state index is 13.3. The lowest BCUT2D eigenvalue weighted by molar-refractivity contribution is 0.379. The summed E-state index contributed by atoms with van der Waals surface area (Å²) in [4.78, 5) is 0. The van der Waals surface area contributed by atoms with Crippen LogP contribution in [0.5, 0.6) is 0 Å². The highest BCUT2D eigenvalue weighted by molar-refractivity contribution is 5.47. The molecule has 134 valence electrons. The fraction of sp³-hybridized carbons (Fsp3) is 0. The average molecular weight is 377 g/mol. The number of benzene rings is 2. The molecule has 0 saturated carbocycles. The zero-order chi connectivity index (χ0) is 19.0. The molecule has 0 radical (unpaired) electrons. The van der Waals surface area contributed by atoms with Crippen molar-refractivity contribution >= 4 is 11.4 Å². The number of rotatable bonds is 3. The summed E-state index contributed by atoms with van der Waals surface area (Å²) in [6, 6.07) is 0. The smallest absolute Gasteiger partial charge is 0.200 e. The van der Waals surface area contributed by atoms with Gasteiger partial charge in [-0.25, -0.2) is 43.9 Å². The molecule has 0 aliphatic carbocycles. The van der Waals surface area contributed by atoms with Crippen LogP contribution in [-0.2, 0) is 0 Å². The van der Waals surface area contributed by atoms with E-state index < -0.39 is 69.5 Å². The molecule has 0 aromatic heterocycles. The normalized spacial score (nSPS) is 11.4. The number of hydrogen-bond acceptors (Lipinski definition) is 2. The first-order valence-corrected chi connectivity index (χ1v) is 5.79. The molecule has 0 amide bonds. The molecule has 0 aliphatic heterocycles. The Morgan fingerprint density at radius 3 is 1.16 bits per heavy atom. The Hall–Kier alpha value is -2.86. The van der Waals surface area contributed by atoms with Gasteiger partial charge in [-0.15, -0.1) is 5.11 Å². The number of nitrogens with zero attached hydrogens (tertiary/aromatic N) is 2. The Morgan fingerprint density at radius 1 is 0.440 bits per heavy atom. The molecule has 0 heterocycles. The van der Waals surface area contributed by atoms with Gasteiger partial charge in [0.15, 0.2) is 52.2 Å². The van der Waals surface area contributed by atoms with E-state index in [1.165, 1.54) is 0 Å². The highest BCUT2D eigenvalue weighted by Gasteiger charge is 2.27. The van der Waals surface area contributed by atoms with Crippen LogP contribution in [0.25, 0.3) is 0 Å². The third kappa shape index (κ3) is 2.96. The highest BCUT2D eigenvalue weighted by atomic mass is 19.2. The van der Waals surface area contributed by atoms with Crippen LogP contribution in [0.4, 0.5) is 55.3 Å². The maximum atomic E-state index is 13.3. The summed E-state index contributed by atoms with van der Waals surface area (Å²) in [5.74, 6) is -24.1. The van der Waals surface area contributed by atoms with Gasteiger partial charge in [-0.05, 0) is 0 Å². The Bertz CT molecular complexity index is 838. The van der Waals surface area contributed by atoms with Crippen LogP contribution < -0.4 is 5.43 Å². The van der Waals surface area contributed by atoms with Gasteiger partial charge in [0.05, 0.1) is 0 Å². The van der Waals surface area contributed by atoms with E-state index in [0.29, 0.717) is 0 Å². The molecule has 1 N–H and O–H groups in total. The molecule has 2 rings (SSSR count). The minimum atomic E-state index is -2.50. The zero-order valence-electron chi connectivity index (χ0n) is 11.2. The first-order valence-electron chi connectivity index (χ1n) is 5.79. The molecule has 2 aromatic rings. The number of nitrogens with one attached hydrogen (secondary N) is 1. The first-order chi connectivity index (χ1) is 11.6. The fourth-order valence-electron chi connectivity index (χ4n) is 1.51. The minimum absolute atomic E-state index is 1.14. The summed E-state index contributed by atoms with van der Waals surface area (Å²) in [6.45, 7) is 0. The van der Waals surface area contributed by atoms with Crippen molar-refractivity contribution < 1.29 is 43.9 Å². The molecule has 0 saturated heterocycles. The SMILES string of the molecule is Fc1c(F)c(F)c(N=NNc2c(F)c(F)c(F)c(F)c2F)c(F)c1F. The van der Waals surface area contributed by atoms with Gasteiger partial charge in [0.2, 0.25) is 11.6 Å². The molecule has 2 aromatic carbocycles. The van der Waals surface area contributed by atoms with E-state index in [2.05, 4.69) is 10.3 Å². The molecule has 25 heavy (non-hydrogen) atoms. The monoisotopic (exact) mass is 377 g/mol. The molecular weight excluding hydrogens is 376 g/mol. The van der Waals surface area contributed by atoms with Gasteiger partial charge >= 0.3 is 0 Å². The highest BCUT2D eigenvalue weighted by Crippen LogP contribution is 2.31. The topological polar surface area (TPSA) is 36.8 Å². The van der Waals surface area contributed by atoms with Crippen molar-refractivity contribution in [2.24, 2.45) is 10.3 Å². The fourth-order valence-corrected chi connectivity index (χ4v) is 1.51. The lowest BCUT2D eigenvalue weighted by Crippen LogP contribution is -2.06. The third-order valence-corrected chi connectivity index (χ3v) is 2.71. The van der Waals surface area contributed by atoms with Crippen molar-refractivity contribution in [2.75, 3.05) is 5.43 Å². The van der Waals surface area contributed by atoms with E-state index in [0.717, 1.165) is 5.43 Å². The zero-order valence-corrected chi connectivity index (χ0v) is 11.2. The standard InChI is InChI=1S/C12HF10N3/c13-1-3(15)7(19)11(8(20)4(1)16)23-25-24-12-9(21)5(17)2(14)6(18)10(12)22/h(H,23,24). The van der Waals surface area contributed by atoms with Crippen molar-refractivity contribution in [3.63, 3.8) is 0 Å². The summed E-state index contributed by atoms with van der Waals surface area (Å²) in [7, 11) is 0. The number of halogens is 10. The van der Waals surface area contributed by atoms with Crippen LogP contribution in [0.3, 0.4) is 0 Å². The van der Waals surface area contributed by atoms with Crippen LogP contribution in [0.1, 0.15) is 0 Å². The van der Waals surface area contributed by atoms with Crippen LogP contribution in [0.2, 0.25) is 0 Å². The minimum Gasteiger partial charge on any atom is -0.254 e. The lowest BCUT2D eigenvalue weighted by atomic mass is 10.2. The quantitative estimate of drug-likeness (QED) is 0.258. The van der Waals surface area contributed by atoms with Crippen molar-refractivity contribution in [3.05, 3.63) is 58.2 Å². The summed E-state index contributed by atoms with van der Waals surface area (Å²) >= 11 is 0. The van der Waals surface area contributed by atoms with Gasteiger partial charge in [-0.3, -0.25) is 5.43 Å². The second kappa shape index (κ2) is 6.57. The summed E-state index contributed by atoms with van der Waals surface area (Å²) < 4.78 is 130. The molecule has 0 atom stereocenters. The molecule has 0 unspecified atom stereocenters. The van der Waals surface area contributed by atoms with Gasteiger partial charge < -0.3 is 0 Å². The second-order valence-electron chi connectivity index (χ2n) is 4.18. The van der Waals surface area contributed by atoms with Gasteiger partial charge in [-0.2, -0.15) is 0 Å². The van der Waals surface area contributed by atoms with Crippen molar-refractivity contribution in [3.8, 4) is 0 Å². The molecule has 0 spiro atoms. The van der Waals surface area contributed by atoms with Crippen molar-refractivity contribution in [2.45, 2.75) is 0 Å². The van der Waals surface area contributed by atoms with Crippen molar-refractivity contribution in [1.29, 1.82) is 0 Å². The second-order valence-corrected chi connectivity index (χ2v) is 4.18. The molecule has 0 fully saturated rings. The molecular formula is C12HF10N3. The predicted molar refractivity (Wildman–Crippen MR) is 60.6 cm³/mol. The molecule has 0 bridgehead atoms. The van der Waals surface area contributed by atoms with Gasteiger partial charge in [0.25, 0.3) is 0 Å². The van der Waals surface area contributed by atoms with E-state index in [4.69, 9.17) is 0 Å². The van der Waals surface area contributed by atoms with Gasteiger partial charge in [-0.1, -0.05) is 5.22 Å². The van der Waals surface area contributed by atoms with Crippen LogP contribution in [0, 0.1) is 58.2 Å². The van der Waals surface area contributed by atoms with Gasteiger partial charge in [0.1, 0.15) is 5.69 Å². The van der Waals surface area contributed by atoms with Crippen LogP contribution in [-0.4, -0.2) is 0 Å². The summed E-state index contributed by atoms with van der Waals surface area (Å²) in [5, 5.41) is 4.95. The summed E-state index contributed by atoms with van der Waals surface area (Å²) in [6.07, 6.45) is 0. The Morgan fingerprint density at radius 2 is 0.760 bits per heavy atom. The third-order valence-electron chi connectivity index (χ3n) is 2.71. The Kier molecular flexibility index (Phi) is 4.85. The van der Waals surface area contributed by atoms with Crippen molar-refractivity contribution in [1.82, 2.24) is 0 Å². The van der Waals surface area contributed by atoms with E-state index >= 15 is 0 Å². The number of hydrogen-bond donors (Lipinski definition) is 1. The summed E-state index contributed by atoms with van der Waals surface area (Å²) in [5.41, 5.74) is -2.48. The first kappa shape index (κ1) is 18.5. The van der Waals surface area contributed by atoms with Gasteiger partial charge in [0, 0.05) is 0 Å².